The fourth-order valence-corrected chi connectivity index (χ4v) is 2.40. The first kappa shape index (κ1) is 16.6. The Bertz CT molecular complexity index is 922. The van der Waals surface area contributed by atoms with Crippen molar-refractivity contribution in [2.75, 3.05) is 0 Å². The third-order valence-corrected chi connectivity index (χ3v) is 3.89. The number of pyridine rings is 1. The van der Waals surface area contributed by atoms with Gasteiger partial charge in [-0.2, -0.15) is 26.6 Å². The average Bonchev–Trinajstić information content (AvgIpc) is 2.35. The normalized spacial score (nSPS) is 12.6. The smallest absolute Gasteiger partial charge is 0.355 e. The molecule has 120 valence electrons. The van der Waals surface area contributed by atoms with Gasteiger partial charge in [0.2, 0.25) is 5.88 Å². The van der Waals surface area contributed by atoms with Crippen molar-refractivity contribution >= 4 is 27.4 Å². The number of nitrogens with zero attached hydrogens (tertiary/aromatic N) is 2. The van der Waals surface area contributed by atoms with E-state index in [4.69, 9.17) is 11.6 Å². The molecular weight excluding hydrogens is 349 g/mol. The van der Waals surface area contributed by atoms with Gasteiger partial charge in [0.25, 0.3) is 5.56 Å². The molecule has 0 spiro atoms. The molecule has 0 saturated carbocycles. The molecule has 2 aromatic rings. The van der Waals surface area contributed by atoms with Gasteiger partial charge in [0.1, 0.15) is 0 Å². The highest BCUT2D eigenvalue weighted by Crippen LogP contribution is 2.28. The van der Waals surface area contributed by atoms with E-state index >= 15 is 0 Å². The summed E-state index contributed by atoms with van der Waals surface area (Å²) in [6, 6.07) is 1.42. The van der Waals surface area contributed by atoms with Gasteiger partial charge in [-0.25, -0.2) is 0 Å². The number of aromatic nitrogens is 2. The third kappa shape index (κ3) is 2.75. The summed E-state index contributed by atoms with van der Waals surface area (Å²) in [7, 11) is -5.93. The largest absolute Gasteiger partial charge is 0.534 e. The third-order valence-electron chi connectivity index (χ3n) is 2.67. The number of rotatable bonds is 2. The van der Waals surface area contributed by atoms with Crippen LogP contribution in [0.15, 0.2) is 17.1 Å². The maximum atomic E-state index is 12.3. The van der Waals surface area contributed by atoms with Crippen molar-refractivity contribution in [3.05, 3.63) is 38.8 Å². The van der Waals surface area contributed by atoms with Crippen LogP contribution in [-0.4, -0.2) is 23.3 Å². The number of alkyl halides is 3. The van der Waals surface area contributed by atoms with Crippen molar-refractivity contribution in [2.24, 2.45) is 0 Å². The Kier molecular flexibility index (Phi) is 3.86. The van der Waals surface area contributed by atoms with Crippen molar-refractivity contribution < 1.29 is 25.8 Å². The molecule has 22 heavy (non-hydrogen) atoms. The van der Waals surface area contributed by atoms with E-state index in [0.717, 1.165) is 11.3 Å². The summed E-state index contributed by atoms with van der Waals surface area (Å²) >= 11 is 5.87. The van der Waals surface area contributed by atoms with Crippen molar-refractivity contribution in [3.63, 3.8) is 0 Å². The van der Waals surface area contributed by atoms with Gasteiger partial charge in [0.15, 0.2) is 5.65 Å². The van der Waals surface area contributed by atoms with Crippen LogP contribution in [0, 0.1) is 13.8 Å². The van der Waals surface area contributed by atoms with Gasteiger partial charge in [-0.05, 0) is 25.5 Å². The Hall–Kier alpha value is -1.81. The topological polar surface area (TPSA) is 77.7 Å². The number of hydrogen-bond donors (Lipinski definition) is 0. The molecule has 0 aliphatic heterocycles. The fraction of sp³-hybridized carbons (Fsp3) is 0.273. The molecule has 0 aliphatic rings. The fourth-order valence-electron chi connectivity index (χ4n) is 1.63. The zero-order valence-electron chi connectivity index (χ0n) is 11.1. The molecule has 2 aromatic heterocycles. The van der Waals surface area contributed by atoms with Gasteiger partial charge in [-0.1, -0.05) is 11.6 Å². The monoisotopic (exact) mass is 356 g/mol. The van der Waals surface area contributed by atoms with E-state index in [1.54, 1.807) is 6.92 Å². The minimum Gasteiger partial charge on any atom is -0.355 e. The number of halogens is 4. The Morgan fingerprint density at radius 1 is 1.32 bits per heavy atom. The van der Waals surface area contributed by atoms with Crippen LogP contribution in [0.5, 0.6) is 5.88 Å². The molecule has 0 aliphatic carbocycles. The lowest BCUT2D eigenvalue weighted by Gasteiger charge is -2.12. The number of fused-ring (bicyclic) bond motifs is 1. The van der Waals surface area contributed by atoms with Crippen molar-refractivity contribution in [1.29, 1.82) is 0 Å². The minimum atomic E-state index is -5.93. The van der Waals surface area contributed by atoms with Gasteiger partial charge >= 0.3 is 15.6 Å². The van der Waals surface area contributed by atoms with Crippen LogP contribution in [0.25, 0.3) is 5.65 Å². The lowest BCUT2D eigenvalue weighted by molar-refractivity contribution is -0.0501. The second kappa shape index (κ2) is 5.13. The summed E-state index contributed by atoms with van der Waals surface area (Å²) in [5, 5.41) is -0.0358. The standard InChI is InChI=1S/C11H8ClF3N2O4S/c1-5-3-7(12)8-16-9(6(2)10(18)17(8)4-5)21-22(19,20)11(13,14)15/h3-4H,1-2H3. The number of aryl methyl sites for hydroxylation is 1. The Morgan fingerprint density at radius 2 is 1.91 bits per heavy atom. The van der Waals surface area contributed by atoms with Crippen LogP contribution >= 0.6 is 11.6 Å². The molecule has 11 heteroatoms. The lowest BCUT2D eigenvalue weighted by Crippen LogP contribution is -2.30. The molecule has 2 heterocycles. The Balaban J connectivity index is 2.73. The molecule has 0 amide bonds. The first-order chi connectivity index (χ1) is 9.94. The van der Waals surface area contributed by atoms with E-state index in [2.05, 4.69) is 9.17 Å². The minimum absolute atomic E-state index is 0.0358. The molecular formula is C11H8ClF3N2O4S. The summed E-state index contributed by atoms with van der Waals surface area (Å²) in [5.41, 5.74) is -6.42. The first-order valence-corrected chi connectivity index (χ1v) is 7.42. The molecule has 0 N–H and O–H groups in total. The summed E-state index contributed by atoms with van der Waals surface area (Å²) in [4.78, 5) is 15.7. The highest BCUT2D eigenvalue weighted by Gasteiger charge is 2.49. The maximum absolute atomic E-state index is 12.3. The van der Waals surface area contributed by atoms with E-state index in [-0.39, 0.29) is 10.7 Å². The van der Waals surface area contributed by atoms with Gasteiger partial charge < -0.3 is 4.18 Å². The predicted octanol–water partition coefficient (Wildman–Crippen LogP) is 2.19. The zero-order valence-corrected chi connectivity index (χ0v) is 12.7. The van der Waals surface area contributed by atoms with E-state index in [9.17, 15) is 26.4 Å². The molecule has 0 atom stereocenters. The molecule has 0 unspecified atom stereocenters. The highest BCUT2D eigenvalue weighted by atomic mass is 35.5. The molecule has 0 aromatic carbocycles. The quantitative estimate of drug-likeness (QED) is 0.609. The van der Waals surface area contributed by atoms with Crippen LogP contribution in [0.3, 0.4) is 0 Å². The van der Waals surface area contributed by atoms with E-state index in [1.165, 1.54) is 12.3 Å². The highest BCUT2D eigenvalue weighted by molar-refractivity contribution is 7.87. The molecule has 2 rings (SSSR count). The van der Waals surface area contributed by atoms with Gasteiger partial charge in [-0.15, -0.1) is 0 Å². The van der Waals surface area contributed by atoms with Crippen LogP contribution in [0.2, 0.25) is 5.02 Å². The summed E-state index contributed by atoms with van der Waals surface area (Å²) in [6.45, 7) is 2.74. The van der Waals surface area contributed by atoms with E-state index in [1.807, 2.05) is 0 Å². The SMILES string of the molecule is Cc1cc(Cl)c2nc(OS(=O)(=O)C(F)(F)F)c(C)c(=O)n2c1. The number of hydrogen-bond acceptors (Lipinski definition) is 5. The molecule has 0 fully saturated rings. The average molecular weight is 357 g/mol. The van der Waals surface area contributed by atoms with Crippen LogP contribution in [0.4, 0.5) is 13.2 Å². The van der Waals surface area contributed by atoms with Crippen LogP contribution in [0.1, 0.15) is 11.1 Å². The molecule has 6 nitrogen and oxygen atoms in total. The lowest BCUT2D eigenvalue weighted by atomic mass is 10.3. The zero-order chi connectivity index (χ0) is 16.9. The molecule has 0 bridgehead atoms. The molecule has 0 radical (unpaired) electrons. The maximum Gasteiger partial charge on any atom is 0.534 e. The Morgan fingerprint density at radius 3 is 2.45 bits per heavy atom. The second-order valence-corrected chi connectivity index (χ2v) is 6.33. The van der Waals surface area contributed by atoms with Gasteiger partial charge in [0.05, 0.1) is 10.6 Å². The summed E-state index contributed by atoms with van der Waals surface area (Å²) < 4.78 is 64.0. The predicted molar refractivity (Wildman–Crippen MR) is 71.5 cm³/mol. The van der Waals surface area contributed by atoms with Crippen molar-refractivity contribution in [1.82, 2.24) is 9.38 Å². The Labute approximate surface area is 127 Å². The van der Waals surface area contributed by atoms with Crippen LogP contribution < -0.4 is 9.74 Å². The van der Waals surface area contributed by atoms with E-state index in [0.29, 0.717) is 5.56 Å². The summed E-state index contributed by atoms with van der Waals surface area (Å²) in [5.74, 6) is -0.965. The molecule has 0 saturated heterocycles. The van der Waals surface area contributed by atoms with Crippen molar-refractivity contribution in [3.8, 4) is 5.88 Å². The van der Waals surface area contributed by atoms with Crippen LogP contribution in [-0.2, 0) is 10.1 Å². The van der Waals surface area contributed by atoms with Gasteiger partial charge in [0, 0.05) is 6.20 Å². The van der Waals surface area contributed by atoms with Crippen molar-refractivity contribution in [2.45, 2.75) is 19.4 Å². The van der Waals surface area contributed by atoms with E-state index < -0.39 is 32.6 Å². The first-order valence-electron chi connectivity index (χ1n) is 5.64. The van der Waals surface area contributed by atoms with Gasteiger partial charge in [-0.3, -0.25) is 9.20 Å². The second-order valence-electron chi connectivity index (χ2n) is 4.39. The summed E-state index contributed by atoms with van der Waals surface area (Å²) in [6.07, 6.45) is 1.37.